The maximum Gasteiger partial charge on any atom is 0.417 e. The van der Waals surface area contributed by atoms with Crippen molar-refractivity contribution in [3.63, 3.8) is 0 Å². The molecule has 0 saturated carbocycles. The van der Waals surface area contributed by atoms with Gasteiger partial charge in [-0.2, -0.15) is 13.2 Å². The van der Waals surface area contributed by atoms with Crippen molar-refractivity contribution in [2.45, 2.75) is 58.9 Å². The number of benzene rings is 2. The Morgan fingerprint density at radius 3 is 2.11 bits per heavy atom. The van der Waals surface area contributed by atoms with Gasteiger partial charge in [0.2, 0.25) is 21.8 Å². The summed E-state index contributed by atoms with van der Waals surface area (Å²) in [5.41, 5.74) is -0.547. The number of carbonyl (C=O) groups is 2. The number of hydrogen-bond acceptors (Lipinski definition) is 4. The third-order valence-electron chi connectivity index (χ3n) is 5.36. The molecule has 0 bridgehead atoms. The predicted molar refractivity (Wildman–Crippen MR) is 138 cm³/mol. The summed E-state index contributed by atoms with van der Waals surface area (Å²) in [6, 6.07) is 8.78. The van der Waals surface area contributed by atoms with Crippen LogP contribution in [0.25, 0.3) is 0 Å². The molecule has 0 aliphatic rings. The molecule has 1 atom stereocenters. The van der Waals surface area contributed by atoms with E-state index in [0.717, 1.165) is 24.0 Å². The minimum atomic E-state index is -4.84. The van der Waals surface area contributed by atoms with Crippen LogP contribution < -0.4 is 9.62 Å². The zero-order valence-corrected chi connectivity index (χ0v) is 23.1. The van der Waals surface area contributed by atoms with Crippen molar-refractivity contribution in [3.8, 4) is 0 Å². The number of sulfonamides is 1. The number of alkyl halides is 3. The molecule has 2 rings (SSSR count). The first kappa shape index (κ1) is 30.4. The van der Waals surface area contributed by atoms with E-state index in [-0.39, 0.29) is 12.2 Å². The molecule has 37 heavy (non-hydrogen) atoms. The lowest BCUT2D eigenvalue weighted by Gasteiger charge is -2.33. The lowest BCUT2D eigenvalue weighted by molar-refractivity contribution is -0.140. The van der Waals surface area contributed by atoms with Gasteiger partial charge in [0.25, 0.3) is 0 Å². The van der Waals surface area contributed by atoms with Gasteiger partial charge in [-0.3, -0.25) is 13.9 Å². The first-order valence-electron chi connectivity index (χ1n) is 11.3. The van der Waals surface area contributed by atoms with Crippen LogP contribution in [0.15, 0.2) is 42.5 Å². The van der Waals surface area contributed by atoms with Gasteiger partial charge in [-0.25, -0.2) is 8.42 Å². The average Bonchev–Trinajstić information content (AvgIpc) is 2.74. The van der Waals surface area contributed by atoms with E-state index < -0.39 is 56.7 Å². The van der Waals surface area contributed by atoms with Crippen LogP contribution in [0.4, 0.5) is 18.9 Å². The van der Waals surface area contributed by atoms with E-state index >= 15 is 0 Å². The van der Waals surface area contributed by atoms with E-state index in [1.807, 2.05) is 19.1 Å². The Kier molecular flexibility index (Phi) is 9.30. The number of anilines is 1. The van der Waals surface area contributed by atoms with Crippen LogP contribution in [0.2, 0.25) is 5.02 Å². The summed E-state index contributed by atoms with van der Waals surface area (Å²) in [7, 11) is -4.20. The predicted octanol–water partition coefficient (Wildman–Crippen LogP) is 4.77. The molecule has 0 fully saturated rings. The van der Waals surface area contributed by atoms with Gasteiger partial charge in [-0.15, -0.1) is 0 Å². The largest absolute Gasteiger partial charge is 0.417 e. The van der Waals surface area contributed by atoms with Crippen LogP contribution in [0.1, 0.15) is 44.4 Å². The Morgan fingerprint density at radius 2 is 1.62 bits per heavy atom. The number of carbonyl (C=O) groups excluding carboxylic acids is 2. The highest BCUT2D eigenvalue weighted by atomic mass is 35.5. The molecule has 2 aromatic rings. The van der Waals surface area contributed by atoms with E-state index in [0.29, 0.717) is 15.9 Å². The van der Waals surface area contributed by atoms with Gasteiger partial charge in [0, 0.05) is 12.1 Å². The van der Waals surface area contributed by atoms with E-state index in [1.165, 1.54) is 11.8 Å². The maximum absolute atomic E-state index is 13.5. The number of rotatable bonds is 8. The lowest BCUT2D eigenvalue weighted by Crippen LogP contribution is -2.54. The van der Waals surface area contributed by atoms with E-state index in [4.69, 9.17) is 11.6 Å². The first-order chi connectivity index (χ1) is 16.8. The molecule has 0 unspecified atom stereocenters. The van der Waals surface area contributed by atoms with Crippen molar-refractivity contribution in [1.29, 1.82) is 0 Å². The molecule has 0 spiro atoms. The molecule has 0 aliphatic carbocycles. The summed E-state index contributed by atoms with van der Waals surface area (Å²) < 4.78 is 66.0. The molecule has 0 aromatic heterocycles. The number of hydrogen-bond donors (Lipinski definition) is 1. The fourth-order valence-electron chi connectivity index (χ4n) is 3.45. The second-order valence-corrected chi connectivity index (χ2v) is 12.2. The summed E-state index contributed by atoms with van der Waals surface area (Å²) in [5, 5.41) is 2.18. The van der Waals surface area contributed by atoms with Crippen molar-refractivity contribution in [2.75, 3.05) is 17.1 Å². The highest BCUT2D eigenvalue weighted by molar-refractivity contribution is 7.92. The Bertz CT molecular complexity index is 1240. The van der Waals surface area contributed by atoms with Crippen molar-refractivity contribution >= 4 is 39.1 Å². The van der Waals surface area contributed by atoms with E-state index in [2.05, 4.69) is 5.32 Å². The van der Waals surface area contributed by atoms with Crippen LogP contribution in [0, 0.1) is 6.92 Å². The van der Waals surface area contributed by atoms with Crippen molar-refractivity contribution in [2.24, 2.45) is 0 Å². The molecule has 0 aliphatic heterocycles. The van der Waals surface area contributed by atoms with Gasteiger partial charge >= 0.3 is 6.18 Å². The molecule has 204 valence electrons. The maximum atomic E-state index is 13.5. The van der Waals surface area contributed by atoms with Gasteiger partial charge in [0.05, 0.1) is 22.5 Å². The third kappa shape index (κ3) is 8.63. The highest BCUT2D eigenvalue weighted by Crippen LogP contribution is 2.37. The Labute approximate surface area is 220 Å². The zero-order valence-electron chi connectivity index (χ0n) is 21.5. The minimum Gasteiger partial charge on any atom is -0.350 e. The monoisotopic (exact) mass is 561 g/mol. The Morgan fingerprint density at radius 1 is 1.05 bits per heavy atom. The molecule has 0 heterocycles. The standard InChI is InChI=1S/C25H31ClF3N3O4S/c1-16-7-9-18(10-8-16)14-31(17(2)23(34)30-24(3,4)5)22(33)15-32(37(6,35)36)19-11-12-21(26)20(13-19)25(27,28)29/h7-13,17H,14-15H2,1-6H3,(H,30,34)/t17-/m1/s1. The Hall–Kier alpha value is -2.79. The van der Waals surface area contributed by atoms with Crippen LogP contribution in [0.3, 0.4) is 0 Å². The van der Waals surface area contributed by atoms with Gasteiger partial charge in [-0.05, 0) is 58.4 Å². The fraction of sp³-hybridized carbons (Fsp3) is 0.440. The highest BCUT2D eigenvalue weighted by Gasteiger charge is 2.36. The van der Waals surface area contributed by atoms with Crippen molar-refractivity contribution in [3.05, 3.63) is 64.2 Å². The molecule has 12 heteroatoms. The Balaban J connectivity index is 2.49. The summed E-state index contributed by atoms with van der Waals surface area (Å²) >= 11 is 5.68. The average molecular weight is 562 g/mol. The zero-order chi connectivity index (χ0) is 28.3. The van der Waals surface area contributed by atoms with E-state index in [1.54, 1.807) is 32.9 Å². The number of nitrogens with zero attached hydrogens (tertiary/aromatic N) is 2. The summed E-state index contributed by atoms with van der Waals surface area (Å²) in [6.45, 7) is 7.86. The van der Waals surface area contributed by atoms with Crippen molar-refractivity contribution in [1.82, 2.24) is 10.2 Å². The topological polar surface area (TPSA) is 86.8 Å². The van der Waals surface area contributed by atoms with Gasteiger partial charge in [0.15, 0.2) is 0 Å². The lowest BCUT2D eigenvalue weighted by atomic mass is 10.1. The molecule has 0 saturated heterocycles. The molecule has 7 nitrogen and oxygen atoms in total. The van der Waals surface area contributed by atoms with E-state index in [9.17, 15) is 31.2 Å². The van der Waals surface area contributed by atoms with Crippen LogP contribution in [-0.4, -0.2) is 49.5 Å². The smallest absolute Gasteiger partial charge is 0.350 e. The summed E-state index contributed by atoms with van der Waals surface area (Å²) in [4.78, 5) is 27.6. The summed E-state index contributed by atoms with van der Waals surface area (Å²) in [6.07, 6.45) is -4.06. The second kappa shape index (κ2) is 11.3. The van der Waals surface area contributed by atoms with Crippen molar-refractivity contribution < 1.29 is 31.2 Å². The first-order valence-corrected chi connectivity index (χ1v) is 13.5. The van der Waals surface area contributed by atoms with Gasteiger partial charge < -0.3 is 10.2 Å². The normalized spacial score (nSPS) is 13.1. The van der Waals surface area contributed by atoms with Gasteiger partial charge in [0.1, 0.15) is 12.6 Å². The molecule has 2 amide bonds. The number of halogens is 4. The van der Waals surface area contributed by atoms with Crippen LogP contribution in [0.5, 0.6) is 0 Å². The molecule has 0 radical (unpaired) electrons. The molecule has 1 N–H and O–H groups in total. The number of aryl methyl sites for hydroxylation is 1. The summed E-state index contributed by atoms with van der Waals surface area (Å²) in [5.74, 6) is -1.24. The minimum absolute atomic E-state index is 0.0239. The van der Waals surface area contributed by atoms with Crippen LogP contribution in [-0.2, 0) is 32.3 Å². The van der Waals surface area contributed by atoms with Gasteiger partial charge in [-0.1, -0.05) is 41.4 Å². The molecular weight excluding hydrogens is 531 g/mol. The SMILES string of the molecule is Cc1ccc(CN(C(=O)CN(c2ccc(Cl)c(C(F)(F)F)c2)S(C)(=O)=O)[C@H](C)C(=O)NC(C)(C)C)cc1. The molecular formula is C25H31ClF3N3O4S. The fourth-order valence-corrected chi connectivity index (χ4v) is 4.51. The quantitative estimate of drug-likeness (QED) is 0.503. The third-order valence-corrected chi connectivity index (χ3v) is 6.83. The van der Waals surface area contributed by atoms with Crippen LogP contribution >= 0.6 is 11.6 Å². The molecule has 2 aromatic carbocycles. The number of amides is 2. The number of nitrogens with one attached hydrogen (secondary N) is 1. The second-order valence-electron chi connectivity index (χ2n) is 9.85.